The molecule has 21 heavy (non-hydrogen) atoms. The van der Waals surface area contributed by atoms with Crippen molar-refractivity contribution in [2.45, 2.75) is 45.9 Å². The van der Waals surface area contributed by atoms with Gasteiger partial charge in [0.2, 0.25) is 5.91 Å². The first-order valence-corrected chi connectivity index (χ1v) is 6.95. The fourth-order valence-electron chi connectivity index (χ4n) is 1.72. The lowest BCUT2D eigenvalue weighted by Crippen LogP contribution is -2.48. The Kier molecular flexibility index (Phi) is 6.17. The lowest BCUT2D eigenvalue weighted by Gasteiger charge is -2.16. The molecule has 0 aliphatic heterocycles. The summed E-state index contributed by atoms with van der Waals surface area (Å²) in [5, 5.41) is 17.4. The van der Waals surface area contributed by atoms with Crippen LogP contribution in [0.2, 0.25) is 0 Å². The molecular formula is C15H23N3O3. The van der Waals surface area contributed by atoms with E-state index in [1.807, 2.05) is 13.8 Å². The van der Waals surface area contributed by atoms with Gasteiger partial charge in [-0.2, -0.15) is 0 Å². The molecule has 0 fully saturated rings. The molecule has 6 heteroatoms. The molecule has 0 aromatic heterocycles. The molecule has 1 aromatic carbocycles. The third-order valence-corrected chi connectivity index (χ3v) is 2.80. The highest BCUT2D eigenvalue weighted by molar-refractivity contribution is 5.93. The number of nitrogens with one attached hydrogen (secondary N) is 3. The summed E-state index contributed by atoms with van der Waals surface area (Å²) in [6.07, 6.45) is -0.606. The van der Waals surface area contributed by atoms with Gasteiger partial charge in [0.1, 0.15) is 6.04 Å². The van der Waals surface area contributed by atoms with E-state index in [9.17, 15) is 14.7 Å². The van der Waals surface area contributed by atoms with Crippen LogP contribution >= 0.6 is 0 Å². The number of urea groups is 1. The first-order chi connectivity index (χ1) is 9.79. The molecule has 3 amide bonds. The summed E-state index contributed by atoms with van der Waals surface area (Å²) in [6.45, 7) is 6.97. The summed E-state index contributed by atoms with van der Waals surface area (Å²) in [4.78, 5) is 23.5. The third kappa shape index (κ3) is 5.83. The first kappa shape index (κ1) is 17.0. The number of carbonyl (C=O) groups is 2. The van der Waals surface area contributed by atoms with Crippen LogP contribution < -0.4 is 16.0 Å². The molecule has 0 aliphatic carbocycles. The Balaban J connectivity index is 2.57. The highest BCUT2D eigenvalue weighted by Gasteiger charge is 2.16. The third-order valence-electron chi connectivity index (χ3n) is 2.80. The first-order valence-electron chi connectivity index (χ1n) is 6.95. The Labute approximate surface area is 124 Å². The minimum atomic E-state index is -0.632. The maximum atomic E-state index is 11.8. The molecule has 0 radical (unpaired) electrons. The van der Waals surface area contributed by atoms with Crippen LogP contribution in [0.15, 0.2) is 24.3 Å². The molecule has 2 atom stereocenters. The van der Waals surface area contributed by atoms with Gasteiger partial charge >= 0.3 is 6.03 Å². The number of carbonyl (C=O) groups excluding carboxylic acids is 2. The Hall–Kier alpha value is -2.08. The lowest BCUT2D eigenvalue weighted by atomic mass is 10.1. The molecule has 0 saturated heterocycles. The van der Waals surface area contributed by atoms with Crippen molar-refractivity contribution in [1.29, 1.82) is 0 Å². The van der Waals surface area contributed by atoms with Crippen LogP contribution in [-0.4, -0.2) is 29.1 Å². The van der Waals surface area contributed by atoms with Crippen LogP contribution in [0.4, 0.5) is 10.5 Å². The van der Waals surface area contributed by atoms with Gasteiger partial charge in [-0.3, -0.25) is 4.79 Å². The van der Waals surface area contributed by atoms with Crippen molar-refractivity contribution in [1.82, 2.24) is 10.6 Å². The van der Waals surface area contributed by atoms with Gasteiger partial charge in [-0.15, -0.1) is 0 Å². The highest BCUT2D eigenvalue weighted by atomic mass is 16.3. The Morgan fingerprint density at radius 1 is 1.10 bits per heavy atom. The van der Waals surface area contributed by atoms with E-state index >= 15 is 0 Å². The van der Waals surface area contributed by atoms with Crippen LogP contribution in [0.5, 0.6) is 0 Å². The fourth-order valence-corrected chi connectivity index (χ4v) is 1.72. The summed E-state index contributed by atoms with van der Waals surface area (Å²) in [5.41, 5.74) is 1.26. The number of hydrogen-bond donors (Lipinski definition) is 4. The number of hydrogen-bond acceptors (Lipinski definition) is 3. The molecule has 0 spiro atoms. The molecule has 0 bridgehead atoms. The average molecular weight is 293 g/mol. The van der Waals surface area contributed by atoms with Crippen LogP contribution in [-0.2, 0) is 4.79 Å². The minimum Gasteiger partial charge on any atom is -0.389 e. The van der Waals surface area contributed by atoms with Gasteiger partial charge < -0.3 is 21.1 Å². The molecule has 116 valence electrons. The summed E-state index contributed by atoms with van der Waals surface area (Å²) in [7, 11) is 0. The molecule has 6 nitrogen and oxygen atoms in total. The smallest absolute Gasteiger partial charge is 0.319 e. The Bertz CT molecular complexity index is 501. The molecule has 1 aromatic rings. The summed E-state index contributed by atoms with van der Waals surface area (Å²) in [6, 6.07) is 5.83. The molecule has 0 saturated carbocycles. The van der Waals surface area contributed by atoms with Gasteiger partial charge in [0.25, 0.3) is 0 Å². The van der Waals surface area contributed by atoms with Crippen molar-refractivity contribution in [3.63, 3.8) is 0 Å². The summed E-state index contributed by atoms with van der Waals surface area (Å²) < 4.78 is 0. The van der Waals surface area contributed by atoms with Crippen molar-refractivity contribution >= 4 is 17.6 Å². The molecule has 1 rings (SSSR count). The monoisotopic (exact) mass is 293 g/mol. The number of anilines is 1. The van der Waals surface area contributed by atoms with Crippen LogP contribution in [0.3, 0.4) is 0 Å². The minimum absolute atomic E-state index is 0.0209. The maximum Gasteiger partial charge on any atom is 0.319 e. The Morgan fingerprint density at radius 2 is 1.76 bits per heavy atom. The largest absolute Gasteiger partial charge is 0.389 e. The topological polar surface area (TPSA) is 90.5 Å². The van der Waals surface area contributed by atoms with Crippen LogP contribution in [0, 0.1) is 0 Å². The van der Waals surface area contributed by atoms with Crippen molar-refractivity contribution in [3.05, 3.63) is 29.8 Å². The summed E-state index contributed by atoms with van der Waals surface area (Å²) >= 11 is 0. The van der Waals surface area contributed by atoms with Crippen molar-refractivity contribution < 1.29 is 14.7 Å². The van der Waals surface area contributed by atoms with Gasteiger partial charge in [-0.25, -0.2) is 4.79 Å². The molecule has 0 heterocycles. The van der Waals surface area contributed by atoms with E-state index < -0.39 is 18.2 Å². The number of benzene rings is 1. The second kappa shape index (κ2) is 7.64. The predicted molar refractivity (Wildman–Crippen MR) is 82.0 cm³/mol. The molecule has 0 aliphatic rings. The number of amides is 3. The predicted octanol–water partition coefficient (Wildman–Crippen LogP) is 1.77. The summed E-state index contributed by atoms with van der Waals surface area (Å²) in [5.74, 6) is -0.238. The van der Waals surface area contributed by atoms with E-state index in [0.717, 1.165) is 0 Å². The molecular weight excluding hydrogens is 270 g/mol. The zero-order chi connectivity index (χ0) is 16.0. The van der Waals surface area contributed by atoms with Gasteiger partial charge in [-0.05, 0) is 45.4 Å². The van der Waals surface area contributed by atoms with Gasteiger partial charge in [0.05, 0.1) is 6.10 Å². The van der Waals surface area contributed by atoms with Gasteiger partial charge in [0, 0.05) is 11.7 Å². The van der Waals surface area contributed by atoms with E-state index in [4.69, 9.17) is 0 Å². The van der Waals surface area contributed by atoms with Crippen molar-refractivity contribution in [2.24, 2.45) is 0 Å². The van der Waals surface area contributed by atoms with Crippen LogP contribution in [0.25, 0.3) is 0 Å². The quantitative estimate of drug-likeness (QED) is 0.667. The molecule has 2 unspecified atom stereocenters. The standard InChI is InChI=1S/C15H23N3O3/c1-9(2)16-14(20)10(3)17-15(21)18-13-7-5-6-12(8-13)11(4)19/h5-11,19H,1-4H3,(H,16,20)(H2,17,18,21). The van der Waals surface area contributed by atoms with Crippen molar-refractivity contribution in [2.75, 3.05) is 5.32 Å². The molecule has 4 N–H and O–H groups in total. The second-order valence-corrected chi connectivity index (χ2v) is 5.28. The number of aliphatic hydroxyl groups excluding tert-OH is 1. The van der Waals surface area contributed by atoms with Gasteiger partial charge in [0.15, 0.2) is 0 Å². The van der Waals surface area contributed by atoms with Gasteiger partial charge in [-0.1, -0.05) is 12.1 Å². The van der Waals surface area contributed by atoms with E-state index in [1.54, 1.807) is 38.1 Å². The SMILES string of the molecule is CC(C)NC(=O)C(C)NC(=O)Nc1cccc(C(C)O)c1. The average Bonchev–Trinajstić information content (AvgIpc) is 2.37. The normalized spacial score (nSPS) is 13.4. The zero-order valence-electron chi connectivity index (χ0n) is 12.8. The van der Waals surface area contributed by atoms with E-state index in [-0.39, 0.29) is 11.9 Å². The Morgan fingerprint density at radius 3 is 2.33 bits per heavy atom. The zero-order valence-corrected chi connectivity index (χ0v) is 12.8. The van der Waals surface area contributed by atoms with Crippen LogP contribution in [0.1, 0.15) is 39.4 Å². The second-order valence-electron chi connectivity index (χ2n) is 5.28. The number of rotatable bonds is 5. The maximum absolute atomic E-state index is 11.8. The van der Waals surface area contributed by atoms with Crippen molar-refractivity contribution in [3.8, 4) is 0 Å². The van der Waals surface area contributed by atoms with E-state index in [1.165, 1.54) is 0 Å². The number of aliphatic hydroxyl groups is 1. The highest BCUT2D eigenvalue weighted by Crippen LogP contribution is 2.16. The lowest BCUT2D eigenvalue weighted by molar-refractivity contribution is -0.123. The fraction of sp³-hybridized carbons (Fsp3) is 0.467. The van der Waals surface area contributed by atoms with E-state index in [0.29, 0.717) is 11.3 Å². The van der Waals surface area contributed by atoms with E-state index in [2.05, 4.69) is 16.0 Å².